The van der Waals surface area contributed by atoms with Crippen molar-refractivity contribution >= 4 is 17.5 Å². The van der Waals surface area contributed by atoms with Crippen LogP contribution < -0.4 is 0 Å². The van der Waals surface area contributed by atoms with E-state index in [0.29, 0.717) is 6.42 Å². The Bertz CT molecular complexity index is 271. The average molecular weight is 150 g/mol. The van der Waals surface area contributed by atoms with Crippen LogP contribution in [-0.2, 0) is 4.79 Å². The lowest BCUT2D eigenvalue weighted by Crippen LogP contribution is -1.94. The maximum absolute atomic E-state index is 11.0. The number of Topliss-reactive ketones (excluding diaryl/α,β-unsaturated/α-hetero) is 1. The maximum Gasteiger partial charge on any atom is 0.167 e. The number of rotatable bonds is 0. The van der Waals surface area contributed by atoms with E-state index in [1.54, 1.807) is 11.8 Å². The molecule has 1 nitrogen and oxygen atoms in total. The van der Waals surface area contributed by atoms with Gasteiger partial charge >= 0.3 is 0 Å². The van der Waals surface area contributed by atoms with E-state index in [2.05, 4.69) is 0 Å². The third kappa shape index (κ3) is 0.762. The number of fused-ring (bicyclic) bond motifs is 1. The lowest BCUT2D eigenvalue weighted by Gasteiger charge is -2.02. The molecular weight excluding hydrogens is 144 g/mol. The minimum atomic E-state index is 0.256. The molecule has 0 aromatic carbocycles. The van der Waals surface area contributed by atoms with Crippen LogP contribution in [0.25, 0.3) is 0 Å². The molecule has 2 aliphatic rings. The Kier molecular flexibility index (Phi) is 1.27. The summed E-state index contributed by atoms with van der Waals surface area (Å²) >= 11 is 1.63. The van der Waals surface area contributed by atoms with Gasteiger partial charge in [-0.3, -0.25) is 4.79 Å². The van der Waals surface area contributed by atoms with Gasteiger partial charge in [0.1, 0.15) is 0 Å². The van der Waals surface area contributed by atoms with Gasteiger partial charge in [0.15, 0.2) is 5.78 Å². The van der Waals surface area contributed by atoms with Crippen LogP contribution >= 0.6 is 11.8 Å². The zero-order valence-corrected chi connectivity index (χ0v) is 6.15. The molecule has 10 heavy (non-hydrogen) atoms. The molecule has 0 N–H and O–H groups in total. The molecule has 1 aliphatic heterocycles. The molecule has 1 heterocycles. The van der Waals surface area contributed by atoms with Gasteiger partial charge in [0.05, 0.1) is 0 Å². The number of ketones is 1. The van der Waals surface area contributed by atoms with Crippen molar-refractivity contribution in [2.45, 2.75) is 6.42 Å². The molecule has 0 atom stereocenters. The fraction of sp³-hybridized carbons (Fsp3) is 0.125. The second-order valence-electron chi connectivity index (χ2n) is 2.22. The van der Waals surface area contributed by atoms with Crippen molar-refractivity contribution in [2.75, 3.05) is 0 Å². The molecule has 1 aliphatic carbocycles. The fourth-order valence-electron chi connectivity index (χ4n) is 1.08. The number of hydrogen-bond acceptors (Lipinski definition) is 2. The first-order chi connectivity index (χ1) is 4.88. The molecule has 0 spiro atoms. The van der Waals surface area contributed by atoms with Gasteiger partial charge in [-0.15, -0.1) is 0 Å². The Labute approximate surface area is 63.5 Å². The summed E-state index contributed by atoms with van der Waals surface area (Å²) in [4.78, 5) is 12.2. The van der Waals surface area contributed by atoms with E-state index in [4.69, 9.17) is 0 Å². The van der Waals surface area contributed by atoms with Gasteiger partial charge in [-0.2, -0.15) is 0 Å². The number of carbonyl (C=O) groups excluding carboxylic acids is 1. The standard InChI is InChI=1S/C8H6OS/c9-7-3-4-8-6(7)2-1-5-10-8/h1-2,4-5H,3H2. The Morgan fingerprint density at radius 3 is 3.20 bits per heavy atom. The highest BCUT2D eigenvalue weighted by Gasteiger charge is 2.20. The van der Waals surface area contributed by atoms with Crippen molar-refractivity contribution in [3.05, 3.63) is 34.1 Å². The summed E-state index contributed by atoms with van der Waals surface area (Å²) in [7, 11) is 0. The molecule has 0 aromatic rings. The Morgan fingerprint density at radius 1 is 1.50 bits per heavy atom. The van der Waals surface area contributed by atoms with Crippen LogP contribution in [0, 0.1) is 0 Å². The van der Waals surface area contributed by atoms with E-state index < -0.39 is 0 Å². The van der Waals surface area contributed by atoms with E-state index in [0.717, 1.165) is 10.5 Å². The Hall–Kier alpha value is -0.760. The van der Waals surface area contributed by atoms with Gasteiger partial charge in [0, 0.05) is 16.9 Å². The molecule has 0 fully saturated rings. The summed E-state index contributed by atoms with van der Waals surface area (Å²) in [6, 6.07) is 0. The van der Waals surface area contributed by atoms with Gasteiger partial charge in [-0.25, -0.2) is 0 Å². The minimum absolute atomic E-state index is 0.256. The lowest BCUT2D eigenvalue weighted by atomic mass is 10.2. The van der Waals surface area contributed by atoms with Gasteiger partial charge in [0.25, 0.3) is 0 Å². The Morgan fingerprint density at radius 2 is 2.40 bits per heavy atom. The number of hydrogen-bond donors (Lipinski definition) is 0. The minimum Gasteiger partial charge on any atom is -0.294 e. The summed E-state index contributed by atoms with van der Waals surface area (Å²) in [5, 5.41) is 1.99. The predicted molar refractivity (Wildman–Crippen MR) is 42.5 cm³/mol. The molecule has 2 heteroatoms. The third-order valence-corrected chi connectivity index (χ3v) is 2.51. The lowest BCUT2D eigenvalue weighted by molar-refractivity contribution is -0.114. The monoisotopic (exact) mass is 150 g/mol. The molecule has 0 unspecified atom stereocenters. The van der Waals surface area contributed by atoms with Gasteiger partial charge in [-0.1, -0.05) is 23.9 Å². The molecule has 0 saturated heterocycles. The largest absolute Gasteiger partial charge is 0.294 e. The molecule has 0 amide bonds. The fourth-order valence-corrected chi connectivity index (χ4v) is 1.87. The predicted octanol–water partition coefficient (Wildman–Crippen LogP) is 2.03. The maximum atomic E-state index is 11.0. The van der Waals surface area contributed by atoms with Crippen LogP contribution in [0.3, 0.4) is 0 Å². The van der Waals surface area contributed by atoms with Gasteiger partial charge in [0.2, 0.25) is 0 Å². The van der Waals surface area contributed by atoms with E-state index in [9.17, 15) is 4.79 Å². The van der Waals surface area contributed by atoms with Crippen LogP contribution in [0.2, 0.25) is 0 Å². The molecule has 2 rings (SSSR count). The summed E-state index contributed by atoms with van der Waals surface area (Å²) in [6.07, 6.45) is 6.39. The molecule has 0 saturated carbocycles. The van der Waals surface area contributed by atoms with E-state index in [-0.39, 0.29) is 5.78 Å². The van der Waals surface area contributed by atoms with Crippen LogP contribution in [0.5, 0.6) is 0 Å². The topological polar surface area (TPSA) is 17.1 Å². The van der Waals surface area contributed by atoms with Crippen molar-refractivity contribution in [3.63, 3.8) is 0 Å². The average Bonchev–Trinajstić information content (AvgIpc) is 2.34. The zero-order valence-electron chi connectivity index (χ0n) is 5.33. The van der Waals surface area contributed by atoms with Crippen LogP contribution in [0.4, 0.5) is 0 Å². The van der Waals surface area contributed by atoms with Crippen LogP contribution in [-0.4, -0.2) is 5.78 Å². The first-order valence-electron chi connectivity index (χ1n) is 3.15. The summed E-state index contributed by atoms with van der Waals surface area (Å²) < 4.78 is 0. The summed E-state index contributed by atoms with van der Waals surface area (Å²) in [5.74, 6) is 0.256. The van der Waals surface area contributed by atoms with Crippen molar-refractivity contribution in [1.29, 1.82) is 0 Å². The molecule has 50 valence electrons. The molecule has 0 bridgehead atoms. The second-order valence-corrected chi connectivity index (χ2v) is 3.17. The summed E-state index contributed by atoms with van der Waals surface area (Å²) in [6.45, 7) is 0. The normalized spacial score (nSPS) is 22.2. The smallest absolute Gasteiger partial charge is 0.167 e. The quantitative estimate of drug-likeness (QED) is 0.525. The van der Waals surface area contributed by atoms with Gasteiger partial charge in [-0.05, 0) is 11.5 Å². The number of allylic oxidation sites excluding steroid dienone is 4. The second kappa shape index (κ2) is 2.13. The van der Waals surface area contributed by atoms with E-state index >= 15 is 0 Å². The first kappa shape index (κ1) is 5.98. The van der Waals surface area contributed by atoms with Crippen molar-refractivity contribution in [3.8, 4) is 0 Å². The van der Waals surface area contributed by atoms with Crippen LogP contribution in [0.15, 0.2) is 34.1 Å². The van der Waals surface area contributed by atoms with Crippen molar-refractivity contribution < 1.29 is 4.79 Å². The van der Waals surface area contributed by atoms with Gasteiger partial charge < -0.3 is 0 Å². The highest BCUT2D eigenvalue weighted by molar-refractivity contribution is 8.06. The molecule has 0 aromatic heterocycles. The molecule has 0 radical (unpaired) electrons. The first-order valence-corrected chi connectivity index (χ1v) is 4.03. The highest BCUT2D eigenvalue weighted by Crippen LogP contribution is 2.34. The van der Waals surface area contributed by atoms with E-state index in [1.807, 2.05) is 23.6 Å². The van der Waals surface area contributed by atoms with Crippen molar-refractivity contribution in [2.24, 2.45) is 0 Å². The SMILES string of the molecule is O=C1CC=C2SC=CC=C12. The van der Waals surface area contributed by atoms with Crippen LogP contribution in [0.1, 0.15) is 6.42 Å². The Balaban J connectivity index is 2.46. The van der Waals surface area contributed by atoms with E-state index in [1.165, 1.54) is 0 Å². The highest BCUT2D eigenvalue weighted by atomic mass is 32.2. The summed E-state index contributed by atoms with van der Waals surface area (Å²) in [5.41, 5.74) is 0.896. The zero-order chi connectivity index (χ0) is 6.97. The molecular formula is C8H6OS. The number of carbonyl (C=O) groups is 1. The third-order valence-electron chi connectivity index (χ3n) is 1.58. The van der Waals surface area contributed by atoms with Crippen molar-refractivity contribution in [1.82, 2.24) is 0 Å². The number of thioether (sulfide) groups is 1.